The highest BCUT2D eigenvalue weighted by atomic mass is 16.8. The first-order valence-electron chi connectivity index (χ1n) is 40.7. The minimum Gasteiger partial charge on any atom is -0.394 e. The van der Waals surface area contributed by atoms with Gasteiger partial charge in [-0.1, -0.05) is 0 Å². The van der Waals surface area contributed by atoms with Gasteiger partial charge in [-0.25, -0.2) is 0 Å². The van der Waals surface area contributed by atoms with Crippen molar-refractivity contribution < 1.29 is 278 Å². The molecule has 0 aromatic heterocycles. The fraction of sp³-hybridized carbons (Fsp3) is 0.971. The Kier molecular flexibility index (Phi) is 37.7. The molecule has 35 N–H and O–H groups in total. The minimum absolute atomic E-state index is 0.814. The molecule has 0 aromatic rings. The summed E-state index contributed by atoms with van der Waals surface area (Å²) >= 11 is 0. The van der Waals surface area contributed by atoms with Crippen LogP contribution in [-0.2, 0) is 109 Å². The molecule has 128 heavy (non-hydrogen) atoms. The number of rotatable bonds is 33. The first-order chi connectivity index (χ1) is 60.7. The number of carbonyl (C=O) groups excluding carboxylic acids is 2. The predicted molar refractivity (Wildman–Crippen MR) is 386 cm³/mol. The monoisotopic (exact) mass is 1880 g/mol. The molecule has 0 spiro atoms. The second-order valence-electron chi connectivity index (χ2n) is 32.3. The van der Waals surface area contributed by atoms with Crippen molar-refractivity contribution in [3.63, 3.8) is 0 Å². The van der Waals surface area contributed by atoms with E-state index < -0.39 is 422 Å². The summed E-state index contributed by atoms with van der Waals surface area (Å²) in [5.41, 5.74) is 0. The lowest BCUT2D eigenvalue weighted by atomic mass is 9.94. The molecule has 58 nitrogen and oxygen atoms in total. The molecule has 11 fully saturated rings. The van der Waals surface area contributed by atoms with Crippen LogP contribution in [0.4, 0.5) is 0 Å². The van der Waals surface area contributed by atoms with Crippen molar-refractivity contribution in [1.29, 1.82) is 0 Å². The summed E-state index contributed by atoms with van der Waals surface area (Å²) in [6.07, 6.45) is -116. The zero-order valence-electron chi connectivity index (χ0n) is 67.7. The van der Waals surface area contributed by atoms with Crippen LogP contribution >= 0.6 is 0 Å². The molecule has 0 radical (unpaired) electrons. The summed E-state index contributed by atoms with van der Waals surface area (Å²) in [5.74, 6) is -1.79. The average molecular weight is 1880 g/mol. The van der Waals surface area contributed by atoms with Gasteiger partial charge in [0.2, 0.25) is 11.8 Å². The first kappa shape index (κ1) is 105. The quantitative estimate of drug-likeness (QED) is 0.0290. The van der Waals surface area contributed by atoms with Gasteiger partial charge >= 0.3 is 0 Å². The molecule has 0 aliphatic carbocycles. The van der Waals surface area contributed by atoms with E-state index in [9.17, 15) is 178 Å². The number of amides is 2. The average Bonchev–Trinajstić information content (AvgIpc) is 0.788. The third-order valence-corrected chi connectivity index (χ3v) is 23.8. The van der Waals surface area contributed by atoms with Crippen LogP contribution in [-0.4, -0.2) is 591 Å². The van der Waals surface area contributed by atoms with Gasteiger partial charge in [-0.3, -0.25) is 9.59 Å². The van der Waals surface area contributed by atoms with E-state index in [2.05, 4.69) is 10.6 Å². The summed E-state index contributed by atoms with van der Waals surface area (Å²) in [7, 11) is 0. The Morgan fingerprint density at radius 2 is 0.422 bits per heavy atom. The van der Waals surface area contributed by atoms with Crippen LogP contribution < -0.4 is 10.6 Å². The van der Waals surface area contributed by atoms with E-state index in [0.717, 1.165) is 13.8 Å². The van der Waals surface area contributed by atoms with Crippen molar-refractivity contribution in [2.75, 3.05) is 72.7 Å². The van der Waals surface area contributed by atoms with E-state index in [1.54, 1.807) is 0 Å². The van der Waals surface area contributed by atoms with Gasteiger partial charge in [-0.15, -0.1) is 0 Å². The highest BCUT2D eigenvalue weighted by Gasteiger charge is 2.63. The molecule has 11 heterocycles. The summed E-state index contributed by atoms with van der Waals surface area (Å²) in [6.45, 7) is -10.8. The molecule has 2 amide bonds. The molecule has 0 aromatic carbocycles. The molecule has 58 heteroatoms. The zero-order chi connectivity index (χ0) is 94.0. The standard InChI is InChI=1S/C70H118N2O56/c1-14(83)71-27-38(94)51(24(11-81)109-60(27)107)120-61-28(72-15(2)84)39(95)52(25(12-82)118-61)121-67-50(106)56(37(93)26(119-67)13-108-62-47(103)53(34(90)21(8-78)110-62)124-68-57(42(98)31(87)18(5-75)115-68)126-64-46(102)41(97)30(86)17(4-74)112-64)125-69-59(44(100)33(89)19(6-76)116-69)128-70-58(43(99)32(88)20(7-77)117-70)127-66-49(105)55(36(92)23(10-80)114-66)123-65-48(104)54(35(91)22(9-79)113-65)122-63-45(101)40(96)29(85)16(3-73)111-63/h16-70,73-82,85-107H,3-13H2,1-2H3,(H,71,83)(H,72,84)/t16-,17-,18-,19-,20-,21-,22-,23-,24-,25-,26-,27-,28-,29-,30-,31-,32-,33-,34-,35-,36-,37-,38-,39-,40+,41+,42+,43+,44+,45-,46+,47+,48-,49+,50+,51-,52-,53+,54+,55+,56+,57+,58+,59+,60-,61+,62+,63-,64-,65-,66-,67+,68-,69-,70-/m1/s1. The fourth-order valence-corrected chi connectivity index (χ4v) is 16.6. The molecule has 0 unspecified atom stereocenters. The van der Waals surface area contributed by atoms with Crippen molar-refractivity contribution in [3.05, 3.63) is 0 Å². The largest absolute Gasteiger partial charge is 0.394 e. The van der Waals surface area contributed by atoms with E-state index >= 15 is 0 Å². The zero-order valence-corrected chi connectivity index (χ0v) is 67.7. The normalized spacial score (nSPS) is 51.7. The van der Waals surface area contributed by atoms with Crippen molar-refractivity contribution in [3.8, 4) is 0 Å². The van der Waals surface area contributed by atoms with Crippen LogP contribution in [0.1, 0.15) is 13.8 Å². The molecule has 0 saturated carbocycles. The number of ether oxygens (including phenoxy) is 21. The van der Waals surface area contributed by atoms with E-state index in [-0.39, 0.29) is 0 Å². The van der Waals surface area contributed by atoms with Gasteiger partial charge in [0.15, 0.2) is 69.2 Å². The lowest BCUT2D eigenvalue weighted by Crippen LogP contribution is -2.70. The van der Waals surface area contributed by atoms with Crippen molar-refractivity contribution >= 4 is 11.8 Å². The third kappa shape index (κ3) is 22.3. The maximum absolute atomic E-state index is 13.1. The van der Waals surface area contributed by atoms with Crippen LogP contribution in [0, 0.1) is 0 Å². The smallest absolute Gasteiger partial charge is 0.217 e. The maximum atomic E-state index is 13.1. The Morgan fingerprint density at radius 3 is 0.758 bits per heavy atom. The molecule has 55 atom stereocenters. The first-order valence-corrected chi connectivity index (χ1v) is 40.7. The number of nitrogens with one attached hydrogen (secondary N) is 2. The van der Waals surface area contributed by atoms with Gasteiger partial charge in [0.05, 0.1) is 72.7 Å². The number of carbonyl (C=O) groups is 2. The summed E-state index contributed by atoms with van der Waals surface area (Å²) in [5, 5.41) is 372. The maximum Gasteiger partial charge on any atom is 0.217 e. The number of hydrogen-bond acceptors (Lipinski definition) is 56. The molecule has 11 aliphatic heterocycles. The van der Waals surface area contributed by atoms with Gasteiger partial charge in [0.1, 0.15) is 268 Å². The van der Waals surface area contributed by atoms with Gasteiger partial charge in [-0.2, -0.15) is 0 Å². The van der Waals surface area contributed by atoms with Crippen LogP contribution in [0.3, 0.4) is 0 Å². The van der Waals surface area contributed by atoms with Gasteiger partial charge in [0.25, 0.3) is 0 Å². The Labute approximate surface area is 722 Å². The second kappa shape index (κ2) is 45.8. The topological polar surface area (TPSA) is 920 Å². The molecule has 11 rings (SSSR count). The highest BCUT2D eigenvalue weighted by Crippen LogP contribution is 2.42. The Balaban J connectivity index is 0.899. The van der Waals surface area contributed by atoms with E-state index in [4.69, 9.17) is 99.5 Å². The van der Waals surface area contributed by atoms with Gasteiger partial charge in [0, 0.05) is 13.8 Å². The predicted octanol–water partition coefficient (Wildman–Crippen LogP) is -24.7. The van der Waals surface area contributed by atoms with E-state index in [1.165, 1.54) is 0 Å². The van der Waals surface area contributed by atoms with Crippen molar-refractivity contribution in [2.24, 2.45) is 0 Å². The third-order valence-electron chi connectivity index (χ3n) is 23.8. The van der Waals surface area contributed by atoms with E-state index in [0.29, 0.717) is 0 Å². The Hall–Kier alpha value is -3.22. The van der Waals surface area contributed by atoms with Crippen LogP contribution in [0.25, 0.3) is 0 Å². The van der Waals surface area contributed by atoms with Crippen LogP contribution in [0.5, 0.6) is 0 Å². The fourth-order valence-electron chi connectivity index (χ4n) is 16.6. The summed E-state index contributed by atoms with van der Waals surface area (Å²) in [6, 6.07) is -3.66. The molecule has 744 valence electrons. The minimum atomic E-state index is -2.67. The Bertz CT molecular complexity index is 3390. The van der Waals surface area contributed by atoms with Crippen LogP contribution in [0.15, 0.2) is 0 Å². The molecular weight excluding hydrogens is 1760 g/mol. The number of hydrogen-bond donors (Lipinski definition) is 35. The SMILES string of the molecule is CC(=O)N[C@@H]1[C@@H](O)[C@H](O[C@@H]2O[C@H](CO)[C@@H](O[C@@H]3O[C@H](CO[C@H]4O[C@H](CO)[C@@H](O)[C@H](O[C@H]5O[C@H](CO)[C@@H](O)[C@H](O)[C@@H]5O[C@H]5O[C@H](CO)[C@@H](O)[C@H](O)[C@@H]5O)[C@@H]4O)[C@@H](O)[C@H](O[C@H]4O[C@H](CO)[C@@H](O)[C@H](O)[C@@H]4O[C@H]4O[C@H](CO)[C@@H](O)[C@H](O)[C@@H]4O[C@H]4O[C@H](CO)[C@@H](O)[C@H](O[C@H]5O[C@H](CO)[C@@H](O)[C@H](O[C@H]6O[C@H](CO)[C@@H](O)[C@H](O)[C@H]6O)[C@H]5O)[C@@H]4O)[C@@H]3O)[C@H](O)[C@H]2NC(C)=O)[C@@H](CO)O[C@H]1O. The summed E-state index contributed by atoms with van der Waals surface area (Å²) < 4.78 is 123. The highest BCUT2D eigenvalue weighted by molar-refractivity contribution is 5.73. The lowest BCUT2D eigenvalue weighted by molar-refractivity contribution is -0.412. The van der Waals surface area contributed by atoms with Crippen LogP contribution in [0.2, 0.25) is 0 Å². The van der Waals surface area contributed by atoms with Crippen molar-refractivity contribution in [1.82, 2.24) is 10.6 Å². The van der Waals surface area contributed by atoms with Gasteiger partial charge < -0.3 is 279 Å². The molecule has 11 aliphatic rings. The molecule has 11 saturated heterocycles. The second-order valence-corrected chi connectivity index (χ2v) is 32.3. The Morgan fingerprint density at radius 1 is 0.203 bits per heavy atom. The molecular formula is C70H118N2O56. The number of aliphatic hydroxyl groups is 33. The molecule has 0 bridgehead atoms. The van der Waals surface area contributed by atoms with E-state index in [1.807, 2.05) is 0 Å². The lowest BCUT2D eigenvalue weighted by Gasteiger charge is -2.51. The summed E-state index contributed by atoms with van der Waals surface area (Å²) in [4.78, 5) is 25.3. The van der Waals surface area contributed by atoms with Crippen molar-refractivity contribution in [2.45, 2.75) is 351 Å². The number of aliphatic hydroxyl groups excluding tert-OH is 33. The van der Waals surface area contributed by atoms with Gasteiger partial charge in [-0.05, 0) is 0 Å².